The molecule has 0 bridgehead atoms. The van der Waals surface area contributed by atoms with Crippen molar-refractivity contribution in [1.82, 2.24) is 9.55 Å². The van der Waals surface area contributed by atoms with Crippen LogP contribution < -0.4 is 20.3 Å². The summed E-state index contributed by atoms with van der Waals surface area (Å²) in [6.45, 7) is 8.89. The number of hydrogen-bond acceptors (Lipinski definition) is 5. The van der Waals surface area contributed by atoms with E-state index in [-0.39, 0.29) is 11.5 Å². The van der Waals surface area contributed by atoms with Gasteiger partial charge in [0.15, 0.2) is 0 Å². The fourth-order valence-electron chi connectivity index (χ4n) is 3.17. The predicted octanol–water partition coefficient (Wildman–Crippen LogP) is 3.77. The van der Waals surface area contributed by atoms with Crippen molar-refractivity contribution in [3.63, 3.8) is 0 Å². The van der Waals surface area contributed by atoms with E-state index in [1.54, 1.807) is 47.9 Å². The summed E-state index contributed by atoms with van der Waals surface area (Å²) in [6, 6.07) is 10.4. The lowest BCUT2D eigenvalue weighted by Gasteiger charge is -2.14. The Bertz CT molecular complexity index is 1110. The highest BCUT2D eigenvalue weighted by atomic mass is 16.5. The number of ether oxygens (including phenoxy) is 2. The summed E-state index contributed by atoms with van der Waals surface area (Å²) in [7, 11) is 0. The number of anilines is 1. The molecule has 0 aliphatic heterocycles. The molecule has 0 saturated heterocycles. The number of nitrogens with one attached hydrogen (secondary N) is 1. The predicted molar refractivity (Wildman–Crippen MR) is 113 cm³/mol. The summed E-state index contributed by atoms with van der Waals surface area (Å²) in [6.07, 6.45) is 0. The van der Waals surface area contributed by atoms with Gasteiger partial charge in [0.05, 0.1) is 29.9 Å². The van der Waals surface area contributed by atoms with E-state index in [0.29, 0.717) is 59.2 Å². The third-order valence-electron chi connectivity index (χ3n) is 4.50. The van der Waals surface area contributed by atoms with E-state index < -0.39 is 0 Å². The number of hydrogen-bond donors (Lipinski definition) is 1. The van der Waals surface area contributed by atoms with Crippen LogP contribution in [0.5, 0.6) is 11.5 Å². The number of aryl methyl sites for hydroxylation is 2. The molecule has 0 fully saturated rings. The quantitative estimate of drug-likeness (QED) is 0.658. The first-order valence-corrected chi connectivity index (χ1v) is 9.70. The summed E-state index contributed by atoms with van der Waals surface area (Å²) >= 11 is 0. The number of carbonyl (C=O) groups excluding carboxylic acids is 1. The molecule has 7 heteroatoms. The minimum absolute atomic E-state index is 0.119. The fraction of sp³-hybridized carbons (Fsp3) is 0.318. The molecule has 3 rings (SSSR count). The largest absolute Gasteiger partial charge is 0.494 e. The van der Waals surface area contributed by atoms with Crippen molar-refractivity contribution in [3.8, 4) is 11.5 Å². The lowest BCUT2D eigenvalue weighted by atomic mass is 10.1. The molecule has 1 amide bonds. The molecular weight excluding hydrogens is 370 g/mol. The SMILES string of the molecule is CCOc1ccc(OCC)c(NC(=O)c2ccc3c(c2)nc(C)c(=O)n3CC)c1. The maximum absolute atomic E-state index is 12.9. The Labute approximate surface area is 169 Å². The number of fused-ring (bicyclic) bond motifs is 1. The van der Waals surface area contributed by atoms with Gasteiger partial charge < -0.3 is 19.4 Å². The van der Waals surface area contributed by atoms with Gasteiger partial charge in [0.1, 0.15) is 17.2 Å². The van der Waals surface area contributed by atoms with E-state index in [2.05, 4.69) is 10.3 Å². The molecule has 0 unspecified atom stereocenters. The number of nitrogens with zero attached hydrogens (tertiary/aromatic N) is 2. The highest BCUT2D eigenvalue weighted by Crippen LogP contribution is 2.30. The average molecular weight is 395 g/mol. The lowest BCUT2D eigenvalue weighted by molar-refractivity contribution is 0.102. The van der Waals surface area contributed by atoms with Gasteiger partial charge >= 0.3 is 0 Å². The molecule has 152 valence electrons. The zero-order valence-electron chi connectivity index (χ0n) is 17.1. The molecule has 0 saturated carbocycles. The zero-order chi connectivity index (χ0) is 21.0. The van der Waals surface area contributed by atoms with E-state index in [0.717, 1.165) is 0 Å². The minimum Gasteiger partial charge on any atom is -0.494 e. The molecule has 2 aromatic carbocycles. The van der Waals surface area contributed by atoms with Crippen LogP contribution in [-0.2, 0) is 6.54 Å². The first-order valence-electron chi connectivity index (χ1n) is 9.70. The van der Waals surface area contributed by atoms with Crippen molar-refractivity contribution in [3.05, 3.63) is 58.0 Å². The number of amides is 1. The second kappa shape index (κ2) is 8.77. The maximum atomic E-state index is 12.9. The molecular formula is C22H25N3O4. The van der Waals surface area contributed by atoms with Gasteiger partial charge in [-0.25, -0.2) is 4.98 Å². The topological polar surface area (TPSA) is 82.5 Å². The van der Waals surface area contributed by atoms with Gasteiger partial charge in [-0.05, 0) is 58.0 Å². The van der Waals surface area contributed by atoms with Crippen LogP contribution in [0.3, 0.4) is 0 Å². The molecule has 3 aromatic rings. The van der Waals surface area contributed by atoms with E-state index in [9.17, 15) is 9.59 Å². The molecule has 0 atom stereocenters. The Hall–Kier alpha value is -3.35. The van der Waals surface area contributed by atoms with Crippen molar-refractivity contribution < 1.29 is 14.3 Å². The van der Waals surface area contributed by atoms with Crippen molar-refractivity contribution in [1.29, 1.82) is 0 Å². The molecule has 0 aliphatic rings. The van der Waals surface area contributed by atoms with E-state index in [1.165, 1.54) is 0 Å². The molecule has 1 N–H and O–H groups in total. The van der Waals surface area contributed by atoms with Gasteiger partial charge in [-0.2, -0.15) is 0 Å². The molecule has 1 heterocycles. The van der Waals surface area contributed by atoms with Gasteiger partial charge in [0.2, 0.25) is 0 Å². The number of benzene rings is 2. The van der Waals surface area contributed by atoms with Crippen LogP contribution in [0.15, 0.2) is 41.2 Å². The Balaban J connectivity index is 1.97. The van der Waals surface area contributed by atoms with Crippen LogP contribution in [0.25, 0.3) is 11.0 Å². The highest BCUT2D eigenvalue weighted by Gasteiger charge is 2.14. The number of aromatic nitrogens is 2. The first-order chi connectivity index (χ1) is 14.0. The summed E-state index contributed by atoms with van der Waals surface area (Å²) in [5, 5.41) is 2.89. The van der Waals surface area contributed by atoms with Gasteiger partial charge in [0, 0.05) is 18.2 Å². The van der Waals surface area contributed by atoms with Gasteiger partial charge in [0.25, 0.3) is 11.5 Å². The van der Waals surface area contributed by atoms with Crippen LogP contribution in [0.4, 0.5) is 5.69 Å². The van der Waals surface area contributed by atoms with Crippen molar-refractivity contribution >= 4 is 22.6 Å². The smallest absolute Gasteiger partial charge is 0.272 e. The molecule has 1 aromatic heterocycles. The lowest BCUT2D eigenvalue weighted by Crippen LogP contribution is -2.23. The van der Waals surface area contributed by atoms with Crippen LogP contribution in [0.1, 0.15) is 36.8 Å². The minimum atomic E-state index is -0.296. The Morgan fingerprint density at radius 2 is 1.83 bits per heavy atom. The zero-order valence-corrected chi connectivity index (χ0v) is 17.1. The molecule has 0 spiro atoms. The Kier molecular flexibility index (Phi) is 6.16. The highest BCUT2D eigenvalue weighted by molar-refractivity contribution is 6.06. The van der Waals surface area contributed by atoms with E-state index in [1.807, 2.05) is 20.8 Å². The van der Waals surface area contributed by atoms with Crippen LogP contribution in [-0.4, -0.2) is 28.7 Å². The van der Waals surface area contributed by atoms with Gasteiger partial charge in [-0.15, -0.1) is 0 Å². The van der Waals surface area contributed by atoms with Crippen molar-refractivity contribution in [2.24, 2.45) is 0 Å². The molecule has 0 radical (unpaired) electrons. The van der Waals surface area contributed by atoms with Crippen molar-refractivity contribution in [2.45, 2.75) is 34.2 Å². The second-order valence-corrected chi connectivity index (χ2v) is 6.43. The number of carbonyl (C=O) groups is 1. The Morgan fingerprint density at radius 1 is 1.07 bits per heavy atom. The third kappa shape index (κ3) is 4.23. The average Bonchev–Trinajstić information content (AvgIpc) is 2.71. The summed E-state index contributed by atoms with van der Waals surface area (Å²) in [4.78, 5) is 29.5. The van der Waals surface area contributed by atoms with Gasteiger partial charge in [-0.1, -0.05) is 0 Å². The summed E-state index contributed by atoms with van der Waals surface area (Å²) in [5.74, 6) is 0.920. The standard InChI is InChI=1S/C22H25N3O4/c1-5-25-19-10-8-15(12-17(19)23-14(4)22(25)27)21(26)24-18-13-16(28-6-2)9-11-20(18)29-7-3/h8-13H,5-7H2,1-4H3,(H,24,26). The van der Waals surface area contributed by atoms with Crippen LogP contribution >= 0.6 is 0 Å². The van der Waals surface area contributed by atoms with E-state index in [4.69, 9.17) is 9.47 Å². The summed E-state index contributed by atoms with van der Waals surface area (Å²) in [5.41, 5.74) is 2.56. The first kappa shape index (κ1) is 20.4. The second-order valence-electron chi connectivity index (χ2n) is 6.43. The van der Waals surface area contributed by atoms with E-state index >= 15 is 0 Å². The van der Waals surface area contributed by atoms with Crippen molar-refractivity contribution in [2.75, 3.05) is 18.5 Å². The normalized spacial score (nSPS) is 10.8. The molecule has 7 nitrogen and oxygen atoms in total. The van der Waals surface area contributed by atoms with Crippen LogP contribution in [0.2, 0.25) is 0 Å². The van der Waals surface area contributed by atoms with Gasteiger partial charge in [-0.3, -0.25) is 9.59 Å². The summed E-state index contributed by atoms with van der Waals surface area (Å²) < 4.78 is 12.8. The third-order valence-corrected chi connectivity index (χ3v) is 4.50. The maximum Gasteiger partial charge on any atom is 0.272 e. The monoisotopic (exact) mass is 395 g/mol. The molecule has 29 heavy (non-hydrogen) atoms. The molecule has 0 aliphatic carbocycles. The Morgan fingerprint density at radius 3 is 2.52 bits per heavy atom. The number of rotatable bonds is 7. The fourth-order valence-corrected chi connectivity index (χ4v) is 3.17. The van der Waals surface area contributed by atoms with Crippen LogP contribution in [0, 0.1) is 6.92 Å².